The quantitative estimate of drug-likeness (QED) is 0.636. The highest BCUT2D eigenvalue weighted by molar-refractivity contribution is 4.74. The minimum atomic E-state index is 0.860. The van der Waals surface area contributed by atoms with E-state index >= 15 is 0 Å². The molecule has 1 unspecified atom stereocenters. The van der Waals surface area contributed by atoms with Crippen LogP contribution in [0.3, 0.4) is 0 Å². The van der Waals surface area contributed by atoms with Crippen molar-refractivity contribution in [2.24, 2.45) is 11.8 Å². The molecule has 0 bridgehead atoms. The van der Waals surface area contributed by atoms with Crippen LogP contribution in [0.4, 0.5) is 0 Å². The van der Waals surface area contributed by atoms with Gasteiger partial charge >= 0.3 is 0 Å². The molecular weight excluding hydrogens is 188 g/mol. The summed E-state index contributed by atoms with van der Waals surface area (Å²) in [5, 5.41) is 3.41. The van der Waals surface area contributed by atoms with Crippen molar-refractivity contribution in [2.45, 2.75) is 19.3 Å². The molecule has 88 valence electrons. The monoisotopic (exact) mass is 212 g/mol. The van der Waals surface area contributed by atoms with Gasteiger partial charge in [0.05, 0.1) is 6.61 Å². The lowest BCUT2D eigenvalue weighted by atomic mass is 10.1. The van der Waals surface area contributed by atoms with Crippen molar-refractivity contribution in [3.05, 3.63) is 0 Å². The molecule has 0 aromatic carbocycles. The largest absolute Gasteiger partial charge is 0.380 e. The van der Waals surface area contributed by atoms with Gasteiger partial charge in [0, 0.05) is 19.7 Å². The van der Waals surface area contributed by atoms with Crippen LogP contribution in [0.15, 0.2) is 0 Å². The summed E-state index contributed by atoms with van der Waals surface area (Å²) in [6.07, 6.45) is 4.13. The topological polar surface area (TPSA) is 24.5 Å². The predicted octanol–water partition coefficient (Wildman–Crippen LogP) is 0.954. The van der Waals surface area contributed by atoms with Gasteiger partial charge in [-0.05, 0) is 51.2 Å². The van der Waals surface area contributed by atoms with Crippen molar-refractivity contribution in [2.75, 3.05) is 46.4 Å². The number of rotatable bonds is 7. The fourth-order valence-electron chi connectivity index (χ4n) is 2.16. The van der Waals surface area contributed by atoms with E-state index < -0.39 is 0 Å². The van der Waals surface area contributed by atoms with Crippen LogP contribution in [0.1, 0.15) is 19.3 Å². The van der Waals surface area contributed by atoms with Gasteiger partial charge in [0.1, 0.15) is 0 Å². The molecule has 1 saturated carbocycles. The van der Waals surface area contributed by atoms with Crippen molar-refractivity contribution in [3.63, 3.8) is 0 Å². The van der Waals surface area contributed by atoms with Crippen molar-refractivity contribution in [1.29, 1.82) is 0 Å². The maximum atomic E-state index is 5.64. The lowest BCUT2D eigenvalue weighted by molar-refractivity contribution is 0.0999. The smallest absolute Gasteiger partial charge is 0.0593 e. The molecule has 1 N–H and O–H groups in total. The van der Waals surface area contributed by atoms with Crippen molar-refractivity contribution in [3.8, 4) is 0 Å². The second kappa shape index (κ2) is 5.83. The fraction of sp³-hybridized carbons (Fsp3) is 1.00. The molecule has 2 fully saturated rings. The minimum absolute atomic E-state index is 0.860. The number of ether oxygens (including phenoxy) is 1. The van der Waals surface area contributed by atoms with E-state index in [-0.39, 0.29) is 0 Å². The Hall–Kier alpha value is -0.120. The Labute approximate surface area is 93.2 Å². The zero-order valence-corrected chi connectivity index (χ0v) is 9.87. The molecule has 3 heteroatoms. The molecule has 0 amide bonds. The van der Waals surface area contributed by atoms with Crippen LogP contribution < -0.4 is 5.32 Å². The SMILES string of the molecule is CN(CCOCC1CC1)CC1CCNC1. The molecule has 0 aromatic heterocycles. The second-order valence-corrected chi connectivity index (χ2v) is 5.14. The predicted molar refractivity (Wildman–Crippen MR) is 62.0 cm³/mol. The molecule has 15 heavy (non-hydrogen) atoms. The molecule has 2 aliphatic rings. The second-order valence-electron chi connectivity index (χ2n) is 5.14. The average molecular weight is 212 g/mol. The highest BCUT2D eigenvalue weighted by Crippen LogP contribution is 2.28. The first-order valence-electron chi connectivity index (χ1n) is 6.31. The molecule has 0 radical (unpaired) electrons. The summed E-state index contributed by atoms with van der Waals surface area (Å²) in [4.78, 5) is 2.41. The van der Waals surface area contributed by atoms with Crippen LogP contribution in [-0.2, 0) is 4.74 Å². The molecule has 2 rings (SSSR count). The van der Waals surface area contributed by atoms with Crippen LogP contribution in [-0.4, -0.2) is 51.3 Å². The summed E-state index contributed by atoms with van der Waals surface area (Å²) >= 11 is 0. The minimum Gasteiger partial charge on any atom is -0.380 e. The first kappa shape index (κ1) is 11.4. The standard InChI is InChI=1S/C12H24N2O/c1-14(9-12-4-5-13-8-12)6-7-15-10-11-2-3-11/h11-13H,2-10H2,1H3. The Morgan fingerprint density at radius 3 is 2.80 bits per heavy atom. The summed E-state index contributed by atoms with van der Waals surface area (Å²) < 4.78 is 5.64. The van der Waals surface area contributed by atoms with Crippen LogP contribution in [0.2, 0.25) is 0 Å². The summed E-state index contributed by atoms with van der Waals surface area (Å²) in [5.41, 5.74) is 0. The van der Waals surface area contributed by atoms with E-state index in [0.29, 0.717) is 0 Å². The van der Waals surface area contributed by atoms with E-state index in [0.717, 1.165) is 31.6 Å². The Morgan fingerprint density at radius 2 is 2.13 bits per heavy atom. The van der Waals surface area contributed by atoms with Crippen LogP contribution in [0, 0.1) is 11.8 Å². The van der Waals surface area contributed by atoms with Gasteiger partial charge < -0.3 is 15.0 Å². The first-order valence-corrected chi connectivity index (χ1v) is 6.31. The van der Waals surface area contributed by atoms with Crippen molar-refractivity contribution < 1.29 is 4.74 Å². The lowest BCUT2D eigenvalue weighted by Gasteiger charge is -2.20. The summed E-state index contributed by atoms with van der Waals surface area (Å²) in [6.45, 7) is 6.62. The number of hydrogen-bond donors (Lipinski definition) is 1. The van der Waals surface area contributed by atoms with Gasteiger partial charge in [0.15, 0.2) is 0 Å². The molecule has 1 aliphatic carbocycles. The average Bonchev–Trinajstić information content (AvgIpc) is 2.91. The highest BCUT2D eigenvalue weighted by atomic mass is 16.5. The van der Waals surface area contributed by atoms with Gasteiger partial charge in [-0.2, -0.15) is 0 Å². The Bertz CT molecular complexity index is 176. The summed E-state index contributed by atoms with van der Waals surface area (Å²) in [7, 11) is 2.21. The Balaban J connectivity index is 1.45. The molecule has 1 atom stereocenters. The van der Waals surface area contributed by atoms with E-state index in [2.05, 4.69) is 17.3 Å². The molecule has 3 nitrogen and oxygen atoms in total. The van der Waals surface area contributed by atoms with E-state index in [1.54, 1.807) is 0 Å². The van der Waals surface area contributed by atoms with Gasteiger partial charge in [-0.15, -0.1) is 0 Å². The maximum absolute atomic E-state index is 5.64. The number of hydrogen-bond acceptors (Lipinski definition) is 3. The zero-order valence-electron chi connectivity index (χ0n) is 9.87. The number of nitrogens with one attached hydrogen (secondary N) is 1. The van der Waals surface area contributed by atoms with E-state index in [9.17, 15) is 0 Å². The van der Waals surface area contributed by atoms with Crippen LogP contribution >= 0.6 is 0 Å². The van der Waals surface area contributed by atoms with Gasteiger partial charge in [0.25, 0.3) is 0 Å². The normalized spacial score (nSPS) is 26.4. The first-order chi connectivity index (χ1) is 7.34. The molecular formula is C12H24N2O. The third-order valence-corrected chi connectivity index (χ3v) is 3.40. The van der Waals surface area contributed by atoms with E-state index in [4.69, 9.17) is 4.74 Å². The van der Waals surface area contributed by atoms with Crippen molar-refractivity contribution in [1.82, 2.24) is 10.2 Å². The Morgan fingerprint density at radius 1 is 1.27 bits per heavy atom. The molecule has 0 aromatic rings. The number of nitrogens with zero attached hydrogens (tertiary/aromatic N) is 1. The Kier molecular flexibility index (Phi) is 4.42. The number of likely N-dealkylation sites (N-methyl/N-ethyl adjacent to an activating group) is 1. The van der Waals surface area contributed by atoms with Gasteiger partial charge in [-0.1, -0.05) is 0 Å². The highest BCUT2D eigenvalue weighted by Gasteiger charge is 2.21. The van der Waals surface area contributed by atoms with E-state index in [1.165, 1.54) is 38.9 Å². The fourth-order valence-corrected chi connectivity index (χ4v) is 2.16. The summed E-state index contributed by atoms with van der Waals surface area (Å²) in [5.74, 6) is 1.76. The van der Waals surface area contributed by atoms with Crippen LogP contribution in [0.25, 0.3) is 0 Å². The molecule has 0 spiro atoms. The van der Waals surface area contributed by atoms with Gasteiger partial charge in [0.2, 0.25) is 0 Å². The van der Waals surface area contributed by atoms with Crippen molar-refractivity contribution >= 4 is 0 Å². The molecule has 1 heterocycles. The molecule has 1 saturated heterocycles. The van der Waals surface area contributed by atoms with Gasteiger partial charge in [-0.25, -0.2) is 0 Å². The maximum Gasteiger partial charge on any atom is 0.0593 e. The third-order valence-electron chi connectivity index (χ3n) is 3.40. The van der Waals surface area contributed by atoms with Gasteiger partial charge in [-0.3, -0.25) is 0 Å². The van der Waals surface area contributed by atoms with E-state index in [1.807, 2.05) is 0 Å². The third kappa shape index (κ3) is 4.49. The lowest BCUT2D eigenvalue weighted by Crippen LogP contribution is -2.30. The van der Waals surface area contributed by atoms with Crippen LogP contribution in [0.5, 0.6) is 0 Å². The molecule has 1 aliphatic heterocycles. The summed E-state index contributed by atoms with van der Waals surface area (Å²) in [6, 6.07) is 0. The zero-order chi connectivity index (χ0) is 10.5.